The van der Waals surface area contributed by atoms with Crippen LogP contribution >= 0.6 is 15.9 Å². The molecule has 0 fully saturated rings. The Kier molecular flexibility index (Phi) is 4.23. The number of nitro groups is 1. The molecule has 7 heteroatoms. The van der Waals surface area contributed by atoms with E-state index in [1.807, 2.05) is 13.0 Å². The van der Waals surface area contributed by atoms with Gasteiger partial charge in [-0.2, -0.15) is 0 Å². The standard InChI is InChI=1S/C14H11BrN2O4/c1-8-5-6-9(7-11(8)15)16-13-10(14(18)19)3-2-4-12(13)17(20)21/h2-7,16H,1H3,(H,18,19). The van der Waals surface area contributed by atoms with Crippen LogP contribution < -0.4 is 5.32 Å². The van der Waals surface area contributed by atoms with Gasteiger partial charge in [-0.3, -0.25) is 10.1 Å². The number of anilines is 2. The highest BCUT2D eigenvalue weighted by Gasteiger charge is 2.21. The maximum absolute atomic E-state index is 11.2. The van der Waals surface area contributed by atoms with E-state index in [4.69, 9.17) is 0 Å². The van der Waals surface area contributed by atoms with Crippen LogP contribution in [0.15, 0.2) is 40.9 Å². The highest BCUT2D eigenvalue weighted by atomic mass is 79.9. The fourth-order valence-electron chi connectivity index (χ4n) is 1.82. The highest BCUT2D eigenvalue weighted by molar-refractivity contribution is 9.10. The summed E-state index contributed by atoms with van der Waals surface area (Å²) in [6, 6.07) is 9.21. The van der Waals surface area contributed by atoms with Gasteiger partial charge in [-0.15, -0.1) is 0 Å². The zero-order chi connectivity index (χ0) is 15.6. The summed E-state index contributed by atoms with van der Waals surface area (Å²) in [5, 5.41) is 23.1. The number of hydrogen-bond donors (Lipinski definition) is 2. The molecule has 0 heterocycles. The number of carbonyl (C=O) groups is 1. The first-order valence-corrected chi connectivity index (χ1v) is 6.73. The molecular weight excluding hydrogens is 340 g/mol. The second kappa shape index (κ2) is 5.92. The molecule has 2 aromatic rings. The summed E-state index contributed by atoms with van der Waals surface area (Å²) in [7, 11) is 0. The van der Waals surface area contributed by atoms with Gasteiger partial charge in [0, 0.05) is 16.2 Å². The number of para-hydroxylation sites is 1. The molecule has 0 aliphatic rings. The largest absolute Gasteiger partial charge is 0.478 e. The van der Waals surface area contributed by atoms with Gasteiger partial charge in [0.25, 0.3) is 5.69 Å². The maximum atomic E-state index is 11.2. The van der Waals surface area contributed by atoms with E-state index in [1.165, 1.54) is 18.2 Å². The van der Waals surface area contributed by atoms with Crippen molar-refractivity contribution in [3.63, 3.8) is 0 Å². The van der Waals surface area contributed by atoms with Gasteiger partial charge in [-0.05, 0) is 30.7 Å². The third-order valence-corrected chi connectivity index (χ3v) is 3.77. The Bertz CT molecular complexity index is 699. The normalized spacial score (nSPS) is 10.2. The first-order valence-electron chi connectivity index (χ1n) is 5.94. The second-order valence-corrected chi connectivity index (χ2v) is 5.21. The predicted molar refractivity (Wildman–Crippen MR) is 82.2 cm³/mol. The molecule has 0 radical (unpaired) electrons. The van der Waals surface area contributed by atoms with Crippen LogP contribution in [0.1, 0.15) is 15.9 Å². The quantitative estimate of drug-likeness (QED) is 0.639. The van der Waals surface area contributed by atoms with Gasteiger partial charge in [-0.1, -0.05) is 28.1 Å². The molecule has 0 unspecified atom stereocenters. The SMILES string of the molecule is Cc1ccc(Nc2c(C(=O)O)cccc2[N+](=O)[O-])cc1Br. The summed E-state index contributed by atoms with van der Waals surface area (Å²) >= 11 is 3.36. The van der Waals surface area contributed by atoms with Gasteiger partial charge in [0.05, 0.1) is 10.5 Å². The first kappa shape index (κ1) is 15.0. The molecule has 0 amide bonds. The van der Waals surface area contributed by atoms with Crippen LogP contribution in [-0.2, 0) is 0 Å². The predicted octanol–water partition coefficient (Wildman–Crippen LogP) is 4.11. The Morgan fingerprint density at radius 3 is 2.62 bits per heavy atom. The molecule has 0 atom stereocenters. The van der Waals surface area contributed by atoms with E-state index in [2.05, 4.69) is 21.2 Å². The number of aromatic carboxylic acids is 1. The number of hydrogen-bond acceptors (Lipinski definition) is 4. The van der Waals surface area contributed by atoms with Gasteiger partial charge in [0.2, 0.25) is 0 Å². The zero-order valence-electron chi connectivity index (χ0n) is 11.0. The topological polar surface area (TPSA) is 92.5 Å². The third-order valence-electron chi connectivity index (χ3n) is 2.91. The summed E-state index contributed by atoms with van der Waals surface area (Å²) in [6.45, 7) is 1.90. The lowest BCUT2D eigenvalue weighted by atomic mass is 10.1. The average molecular weight is 351 g/mol. The number of benzene rings is 2. The van der Waals surface area contributed by atoms with Crippen molar-refractivity contribution in [1.82, 2.24) is 0 Å². The lowest BCUT2D eigenvalue weighted by molar-refractivity contribution is -0.383. The molecular formula is C14H11BrN2O4. The molecule has 0 aliphatic carbocycles. The lowest BCUT2D eigenvalue weighted by Crippen LogP contribution is -2.05. The Morgan fingerprint density at radius 2 is 2.05 bits per heavy atom. The van der Waals surface area contributed by atoms with Gasteiger partial charge in [0.15, 0.2) is 0 Å². The molecule has 2 rings (SSSR count). The monoisotopic (exact) mass is 350 g/mol. The number of halogens is 1. The molecule has 0 bridgehead atoms. The summed E-state index contributed by atoms with van der Waals surface area (Å²) in [6.07, 6.45) is 0. The minimum Gasteiger partial charge on any atom is -0.478 e. The van der Waals surface area contributed by atoms with Crippen LogP contribution in [0.5, 0.6) is 0 Å². The van der Waals surface area contributed by atoms with Crippen LogP contribution in [0.3, 0.4) is 0 Å². The fraction of sp³-hybridized carbons (Fsp3) is 0.0714. The van der Waals surface area contributed by atoms with E-state index in [1.54, 1.807) is 12.1 Å². The van der Waals surface area contributed by atoms with Crippen LogP contribution in [0, 0.1) is 17.0 Å². The van der Waals surface area contributed by atoms with E-state index < -0.39 is 10.9 Å². The lowest BCUT2D eigenvalue weighted by Gasteiger charge is -2.11. The highest BCUT2D eigenvalue weighted by Crippen LogP contribution is 2.32. The van der Waals surface area contributed by atoms with Gasteiger partial charge < -0.3 is 10.4 Å². The number of aryl methyl sites for hydroxylation is 1. The molecule has 2 N–H and O–H groups in total. The minimum atomic E-state index is -1.23. The van der Waals surface area contributed by atoms with E-state index in [0.29, 0.717) is 5.69 Å². The summed E-state index contributed by atoms with van der Waals surface area (Å²) < 4.78 is 0.822. The number of nitrogens with one attached hydrogen (secondary N) is 1. The maximum Gasteiger partial charge on any atom is 0.338 e. The van der Waals surface area contributed by atoms with Crippen molar-refractivity contribution in [3.8, 4) is 0 Å². The van der Waals surface area contributed by atoms with Crippen molar-refractivity contribution in [2.75, 3.05) is 5.32 Å². The van der Waals surface area contributed by atoms with Crippen LogP contribution in [0.4, 0.5) is 17.1 Å². The number of rotatable bonds is 4. The van der Waals surface area contributed by atoms with Crippen molar-refractivity contribution in [1.29, 1.82) is 0 Å². The molecule has 21 heavy (non-hydrogen) atoms. The minimum absolute atomic E-state index is 0.0363. The molecule has 2 aromatic carbocycles. The van der Waals surface area contributed by atoms with Crippen LogP contribution in [0.2, 0.25) is 0 Å². The summed E-state index contributed by atoms with van der Waals surface area (Å²) in [4.78, 5) is 21.7. The number of nitrogens with zero attached hydrogens (tertiary/aromatic N) is 1. The van der Waals surface area contributed by atoms with E-state index in [0.717, 1.165) is 10.0 Å². The molecule has 0 aromatic heterocycles. The van der Waals surface area contributed by atoms with Gasteiger partial charge >= 0.3 is 5.97 Å². The van der Waals surface area contributed by atoms with Crippen molar-refractivity contribution >= 4 is 39.0 Å². The molecule has 0 saturated heterocycles. The Labute approximate surface area is 128 Å². The number of carboxylic acid groups (broad SMARTS) is 1. The van der Waals surface area contributed by atoms with E-state index in [9.17, 15) is 20.0 Å². The first-order chi connectivity index (χ1) is 9.90. The van der Waals surface area contributed by atoms with Crippen molar-refractivity contribution in [3.05, 3.63) is 62.1 Å². The smallest absolute Gasteiger partial charge is 0.338 e. The Hall–Kier alpha value is -2.41. The fourth-order valence-corrected chi connectivity index (χ4v) is 2.20. The van der Waals surface area contributed by atoms with Crippen LogP contribution in [-0.4, -0.2) is 16.0 Å². The van der Waals surface area contributed by atoms with Crippen LogP contribution in [0.25, 0.3) is 0 Å². The van der Waals surface area contributed by atoms with Crippen molar-refractivity contribution in [2.24, 2.45) is 0 Å². The van der Waals surface area contributed by atoms with E-state index >= 15 is 0 Å². The number of carboxylic acids is 1. The van der Waals surface area contributed by atoms with Crippen molar-refractivity contribution < 1.29 is 14.8 Å². The summed E-state index contributed by atoms with van der Waals surface area (Å²) in [5.41, 5.74) is 1.09. The second-order valence-electron chi connectivity index (χ2n) is 4.35. The zero-order valence-corrected chi connectivity index (χ0v) is 12.5. The number of nitro benzene ring substituents is 1. The Balaban J connectivity index is 2.53. The molecule has 0 saturated carbocycles. The van der Waals surface area contributed by atoms with Crippen molar-refractivity contribution in [2.45, 2.75) is 6.92 Å². The molecule has 6 nitrogen and oxygen atoms in total. The van der Waals surface area contributed by atoms with Gasteiger partial charge in [-0.25, -0.2) is 4.79 Å². The average Bonchev–Trinajstić information content (AvgIpc) is 2.42. The van der Waals surface area contributed by atoms with E-state index in [-0.39, 0.29) is 16.9 Å². The third kappa shape index (κ3) is 3.19. The van der Waals surface area contributed by atoms with Gasteiger partial charge in [0.1, 0.15) is 5.69 Å². The molecule has 108 valence electrons. The molecule has 0 aliphatic heterocycles. The Morgan fingerprint density at radius 1 is 1.33 bits per heavy atom. The summed E-state index contributed by atoms with van der Waals surface area (Å²) in [5.74, 6) is -1.23. The molecule has 0 spiro atoms.